The molecule has 2 rings (SSSR count). The van der Waals surface area contributed by atoms with Gasteiger partial charge in [0.15, 0.2) is 0 Å². The fraction of sp³-hybridized carbons (Fsp3) is 0.278. The van der Waals surface area contributed by atoms with Crippen molar-refractivity contribution < 1.29 is 18.0 Å². The number of amides is 1. The standard InChI is InChI=1S/C18H18F3NO/c1-3-22(4-2)17(23)15-11-6-5-9-13(15)14-10-7-8-12-16(14)18(19,20)21/h5-12H,3-4H2,1-2H3. The van der Waals surface area contributed by atoms with E-state index in [4.69, 9.17) is 0 Å². The van der Waals surface area contributed by atoms with Crippen LogP contribution >= 0.6 is 0 Å². The van der Waals surface area contributed by atoms with Gasteiger partial charge in [0.1, 0.15) is 0 Å². The van der Waals surface area contributed by atoms with Crippen molar-refractivity contribution in [2.24, 2.45) is 0 Å². The summed E-state index contributed by atoms with van der Waals surface area (Å²) in [7, 11) is 0. The molecule has 0 aliphatic carbocycles. The molecule has 0 radical (unpaired) electrons. The average molecular weight is 321 g/mol. The third kappa shape index (κ3) is 3.55. The van der Waals surface area contributed by atoms with Crippen molar-refractivity contribution in [3.63, 3.8) is 0 Å². The molecule has 0 N–H and O–H groups in total. The smallest absolute Gasteiger partial charge is 0.339 e. The van der Waals surface area contributed by atoms with Crippen LogP contribution in [0.15, 0.2) is 48.5 Å². The maximum atomic E-state index is 13.3. The lowest BCUT2D eigenvalue weighted by molar-refractivity contribution is -0.137. The number of hydrogen-bond donors (Lipinski definition) is 0. The molecule has 0 heterocycles. The molecule has 122 valence electrons. The maximum Gasteiger partial charge on any atom is 0.417 e. The quantitative estimate of drug-likeness (QED) is 0.788. The molecule has 0 saturated carbocycles. The summed E-state index contributed by atoms with van der Waals surface area (Å²) in [6, 6.07) is 11.8. The Morgan fingerprint density at radius 3 is 2.00 bits per heavy atom. The number of halogens is 3. The lowest BCUT2D eigenvalue weighted by Crippen LogP contribution is -2.30. The Morgan fingerprint density at radius 2 is 1.43 bits per heavy atom. The van der Waals surface area contributed by atoms with E-state index in [0.29, 0.717) is 18.7 Å². The van der Waals surface area contributed by atoms with E-state index in [-0.39, 0.29) is 17.0 Å². The van der Waals surface area contributed by atoms with Gasteiger partial charge in [0.25, 0.3) is 5.91 Å². The molecule has 0 fully saturated rings. The maximum absolute atomic E-state index is 13.3. The summed E-state index contributed by atoms with van der Waals surface area (Å²) in [5, 5.41) is 0. The highest BCUT2D eigenvalue weighted by molar-refractivity contribution is 6.01. The Bertz CT molecular complexity index is 691. The Morgan fingerprint density at radius 1 is 0.913 bits per heavy atom. The summed E-state index contributed by atoms with van der Waals surface area (Å²) in [5.41, 5.74) is -0.124. The van der Waals surface area contributed by atoms with Crippen LogP contribution in [0.3, 0.4) is 0 Å². The first kappa shape index (κ1) is 17.1. The zero-order valence-corrected chi connectivity index (χ0v) is 13.0. The monoisotopic (exact) mass is 321 g/mol. The first-order valence-electron chi connectivity index (χ1n) is 7.45. The molecule has 2 aromatic carbocycles. The van der Waals surface area contributed by atoms with Crippen LogP contribution in [-0.2, 0) is 6.18 Å². The van der Waals surface area contributed by atoms with Crippen LogP contribution in [0.25, 0.3) is 11.1 Å². The number of hydrogen-bond acceptors (Lipinski definition) is 1. The number of alkyl halides is 3. The van der Waals surface area contributed by atoms with Gasteiger partial charge in [-0.25, -0.2) is 0 Å². The second kappa shape index (κ2) is 6.86. The highest BCUT2D eigenvalue weighted by atomic mass is 19.4. The number of carbonyl (C=O) groups excluding carboxylic acids is 1. The summed E-state index contributed by atoms with van der Waals surface area (Å²) in [4.78, 5) is 14.2. The summed E-state index contributed by atoms with van der Waals surface area (Å²) >= 11 is 0. The first-order chi connectivity index (χ1) is 10.9. The van der Waals surface area contributed by atoms with E-state index in [1.54, 1.807) is 35.2 Å². The van der Waals surface area contributed by atoms with Gasteiger partial charge in [0.05, 0.1) is 5.56 Å². The molecule has 0 aliphatic rings. The third-order valence-corrected chi connectivity index (χ3v) is 3.73. The molecule has 23 heavy (non-hydrogen) atoms. The highest BCUT2D eigenvalue weighted by Crippen LogP contribution is 2.38. The van der Waals surface area contributed by atoms with Crippen LogP contribution < -0.4 is 0 Å². The van der Waals surface area contributed by atoms with Crippen molar-refractivity contribution in [3.8, 4) is 11.1 Å². The van der Waals surface area contributed by atoms with Crippen LogP contribution in [-0.4, -0.2) is 23.9 Å². The molecule has 5 heteroatoms. The van der Waals surface area contributed by atoms with E-state index in [1.807, 2.05) is 13.8 Å². The summed E-state index contributed by atoms with van der Waals surface area (Å²) in [6.07, 6.45) is -4.47. The van der Waals surface area contributed by atoms with E-state index in [2.05, 4.69) is 0 Å². The van der Waals surface area contributed by atoms with Crippen molar-refractivity contribution in [2.75, 3.05) is 13.1 Å². The zero-order chi connectivity index (χ0) is 17.0. The Labute approximate surface area is 133 Å². The molecule has 0 bridgehead atoms. The fourth-order valence-corrected chi connectivity index (χ4v) is 2.55. The van der Waals surface area contributed by atoms with E-state index in [9.17, 15) is 18.0 Å². The Balaban J connectivity index is 2.61. The van der Waals surface area contributed by atoms with Gasteiger partial charge in [-0.2, -0.15) is 13.2 Å². The second-order valence-electron chi connectivity index (χ2n) is 5.07. The highest BCUT2D eigenvalue weighted by Gasteiger charge is 2.34. The van der Waals surface area contributed by atoms with Gasteiger partial charge in [0, 0.05) is 18.7 Å². The Kier molecular flexibility index (Phi) is 5.08. The van der Waals surface area contributed by atoms with Crippen molar-refractivity contribution >= 4 is 5.91 Å². The van der Waals surface area contributed by atoms with Crippen LogP contribution in [0.4, 0.5) is 13.2 Å². The summed E-state index contributed by atoms with van der Waals surface area (Å²) in [5.74, 6) is -0.262. The van der Waals surface area contributed by atoms with Crippen molar-refractivity contribution in [1.82, 2.24) is 4.90 Å². The molecular formula is C18H18F3NO. The van der Waals surface area contributed by atoms with Gasteiger partial charge in [-0.3, -0.25) is 4.79 Å². The molecule has 0 atom stereocenters. The van der Waals surface area contributed by atoms with Gasteiger partial charge in [0.2, 0.25) is 0 Å². The van der Waals surface area contributed by atoms with Gasteiger partial charge in [-0.15, -0.1) is 0 Å². The largest absolute Gasteiger partial charge is 0.417 e. The summed E-state index contributed by atoms with van der Waals surface area (Å²) in [6.45, 7) is 4.69. The average Bonchev–Trinajstić information content (AvgIpc) is 2.55. The SMILES string of the molecule is CCN(CC)C(=O)c1ccccc1-c1ccccc1C(F)(F)F. The zero-order valence-electron chi connectivity index (χ0n) is 13.0. The third-order valence-electron chi connectivity index (χ3n) is 3.73. The van der Waals surface area contributed by atoms with E-state index < -0.39 is 11.7 Å². The minimum absolute atomic E-state index is 0.0242. The molecular weight excluding hydrogens is 303 g/mol. The molecule has 0 spiro atoms. The van der Waals surface area contributed by atoms with Gasteiger partial charge in [-0.1, -0.05) is 36.4 Å². The number of carbonyl (C=O) groups is 1. The van der Waals surface area contributed by atoms with Crippen LogP contribution in [0.5, 0.6) is 0 Å². The second-order valence-corrected chi connectivity index (χ2v) is 5.07. The molecule has 0 aromatic heterocycles. The van der Waals surface area contributed by atoms with Crippen LogP contribution in [0.1, 0.15) is 29.8 Å². The van der Waals surface area contributed by atoms with E-state index in [0.717, 1.165) is 6.07 Å². The molecule has 2 nitrogen and oxygen atoms in total. The molecule has 1 amide bonds. The lowest BCUT2D eigenvalue weighted by Gasteiger charge is -2.21. The molecule has 0 saturated heterocycles. The van der Waals surface area contributed by atoms with Crippen LogP contribution in [0, 0.1) is 0 Å². The molecule has 0 unspecified atom stereocenters. The number of benzene rings is 2. The van der Waals surface area contributed by atoms with Crippen LogP contribution in [0.2, 0.25) is 0 Å². The predicted octanol–water partition coefficient (Wildman–Crippen LogP) is 4.85. The van der Waals surface area contributed by atoms with Gasteiger partial charge < -0.3 is 4.90 Å². The normalized spacial score (nSPS) is 11.3. The molecule has 0 aliphatic heterocycles. The van der Waals surface area contributed by atoms with Crippen molar-refractivity contribution in [1.29, 1.82) is 0 Å². The number of nitrogens with zero attached hydrogens (tertiary/aromatic N) is 1. The van der Waals surface area contributed by atoms with E-state index in [1.165, 1.54) is 12.1 Å². The predicted molar refractivity (Wildman–Crippen MR) is 84.1 cm³/mol. The first-order valence-corrected chi connectivity index (χ1v) is 7.45. The van der Waals surface area contributed by atoms with Gasteiger partial charge >= 0.3 is 6.18 Å². The van der Waals surface area contributed by atoms with Crippen molar-refractivity contribution in [2.45, 2.75) is 20.0 Å². The topological polar surface area (TPSA) is 20.3 Å². The van der Waals surface area contributed by atoms with Crippen molar-refractivity contribution in [3.05, 3.63) is 59.7 Å². The summed E-state index contributed by atoms with van der Waals surface area (Å²) < 4.78 is 39.8. The lowest BCUT2D eigenvalue weighted by atomic mass is 9.94. The fourth-order valence-electron chi connectivity index (χ4n) is 2.55. The number of rotatable bonds is 4. The molecule has 2 aromatic rings. The minimum Gasteiger partial charge on any atom is -0.339 e. The van der Waals surface area contributed by atoms with E-state index >= 15 is 0 Å². The van der Waals surface area contributed by atoms with Gasteiger partial charge in [-0.05, 0) is 37.1 Å². The minimum atomic E-state index is -4.47. The Hall–Kier alpha value is -2.30.